The molecule has 4 nitrogen and oxygen atoms in total. The first kappa shape index (κ1) is 18.3. The Labute approximate surface area is 156 Å². The van der Waals surface area contributed by atoms with Gasteiger partial charge in [0.1, 0.15) is 5.82 Å². The largest absolute Gasteiger partial charge is 0.298 e. The van der Waals surface area contributed by atoms with E-state index in [9.17, 15) is 9.18 Å². The average molecular weight is 382 g/mol. The second-order valence-corrected chi connectivity index (χ2v) is 8.16. The number of rotatable bonds is 4. The topological polar surface area (TPSA) is 45.2 Å². The van der Waals surface area contributed by atoms with Gasteiger partial charge < -0.3 is 0 Å². The number of aromatic nitrogens is 1. The maximum absolute atomic E-state index is 13.8. The van der Waals surface area contributed by atoms with Crippen LogP contribution in [-0.4, -0.2) is 28.9 Å². The summed E-state index contributed by atoms with van der Waals surface area (Å²) in [5.41, 5.74) is 0.887. The van der Waals surface area contributed by atoms with E-state index in [-0.39, 0.29) is 10.6 Å². The standard InChI is InChI=1S/C18H21ClFN3OS/c1-11-5-12(2)8-23(7-11)9-14-10-25-18(21-14)22-17(24)15-4-3-13(19)6-16(15)20/h3-4,6,10-12H,5,7-9H2,1-2H3,(H,21,22,24)/t11-,12-/m1/s1. The number of amides is 1. The number of halogens is 2. The smallest absolute Gasteiger partial charge is 0.260 e. The molecule has 2 aromatic rings. The molecule has 0 unspecified atom stereocenters. The molecule has 1 aromatic carbocycles. The number of benzene rings is 1. The number of nitrogens with one attached hydrogen (secondary N) is 1. The minimum Gasteiger partial charge on any atom is -0.298 e. The van der Waals surface area contributed by atoms with Crippen LogP contribution in [0.15, 0.2) is 23.6 Å². The van der Waals surface area contributed by atoms with Crippen molar-refractivity contribution < 1.29 is 9.18 Å². The van der Waals surface area contributed by atoms with Crippen molar-refractivity contribution in [1.29, 1.82) is 0 Å². The molecular weight excluding hydrogens is 361 g/mol. The molecule has 7 heteroatoms. The molecule has 134 valence electrons. The van der Waals surface area contributed by atoms with Gasteiger partial charge in [-0.05, 0) is 36.5 Å². The second-order valence-electron chi connectivity index (χ2n) is 6.86. The molecule has 1 amide bonds. The Morgan fingerprint density at radius 1 is 1.40 bits per heavy atom. The van der Waals surface area contributed by atoms with Gasteiger partial charge in [0.05, 0.1) is 11.3 Å². The first-order valence-electron chi connectivity index (χ1n) is 8.34. The minimum atomic E-state index is -0.641. The van der Waals surface area contributed by atoms with Gasteiger partial charge in [0, 0.05) is 30.0 Å². The van der Waals surface area contributed by atoms with Crippen LogP contribution in [0.5, 0.6) is 0 Å². The van der Waals surface area contributed by atoms with Crippen molar-refractivity contribution in [2.24, 2.45) is 11.8 Å². The third-order valence-electron chi connectivity index (χ3n) is 4.28. The molecule has 0 bridgehead atoms. The predicted molar refractivity (Wildman–Crippen MR) is 99.7 cm³/mol. The van der Waals surface area contributed by atoms with Crippen LogP contribution in [-0.2, 0) is 6.54 Å². The van der Waals surface area contributed by atoms with E-state index in [2.05, 4.69) is 29.0 Å². The van der Waals surface area contributed by atoms with E-state index in [1.54, 1.807) is 0 Å². The van der Waals surface area contributed by atoms with E-state index in [1.807, 2.05) is 5.38 Å². The number of piperidine rings is 1. The second kappa shape index (κ2) is 7.81. The number of thiazole rings is 1. The lowest BCUT2D eigenvalue weighted by Gasteiger charge is -2.34. The first-order valence-corrected chi connectivity index (χ1v) is 9.59. The van der Waals surface area contributed by atoms with Crippen LogP contribution < -0.4 is 5.32 Å². The number of carbonyl (C=O) groups is 1. The van der Waals surface area contributed by atoms with Gasteiger partial charge in [0.2, 0.25) is 0 Å². The fourth-order valence-corrected chi connectivity index (χ4v) is 4.28. The number of nitrogens with zero attached hydrogens (tertiary/aromatic N) is 2. The lowest BCUT2D eigenvalue weighted by Crippen LogP contribution is -2.38. The summed E-state index contributed by atoms with van der Waals surface area (Å²) in [5.74, 6) is 0.220. The highest BCUT2D eigenvalue weighted by Crippen LogP contribution is 2.24. The average Bonchev–Trinajstić information content (AvgIpc) is 2.92. The lowest BCUT2D eigenvalue weighted by atomic mass is 9.92. The Bertz CT molecular complexity index is 757. The van der Waals surface area contributed by atoms with E-state index >= 15 is 0 Å². The normalized spacial score (nSPS) is 21.3. The number of hydrogen-bond acceptors (Lipinski definition) is 4. The van der Waals surface area contributed by atoms with Gasteiger partial charge in [-0.15, -0.1) is 11.3 Å². The molecule has 0 spiro atoms. The summed E-state index contributed by atoms with van der Waals surface area (Å²) >= 11 is 7.07. The van der Waals surface area contributed by atoms with Gasteiger partial charge in [-0.3, -0.25) is 15.0 Å². The van der Waals surface area contributed by atoms with Crippen LogP contribution >= 0.6 is 22.9 Å². The Morgan fingerprint density at radius 3 is 2.80 bits per heavy atom. The first-order chi connectivity index (χ1) is 11.9. The molecule has 1 aromatic heterocycles. The molecule has 3 rings (SSSR count). The fraction of sp³-hybridized carbons (Fsp3) is 0.444. The van der Waals surface area contributed by atoms with E-state index in [0.717, 1.165) is 31.4 Å². The van der Waals surface area contributed by atoms with Crippen LogP contribution in [0.3, 0.4) is 0 Å². The quantitative estimate of drug-likeness (QED) is 0.837. The molecule has 1 saturated heterocycles. The van der Waals surface area contributed by atoms with Crippen molar-refractivity contribution in [2.75, 3.05) is 18.4 Å². The molecule has 1 aliphatic heterocycles. The summed E-state index contributed by atoms with van der Waals surface area (Å²) in [6, 6.07) is 3.99. The Hall–Kier alpha value is -1.50. The molecular formula is C18H21ClFN3OS. The van der Waals surface area contributed by atoms with E-state index in [0.29, 0.717) is 17.0 Å². The number of carbonyl (C=O) groups excluding carboxylic acids is 1. The van der Waals surface area contributed by atoms with Crippen LogP contribution in [0.4, 0.5) is 9.52 Å². The summed E-state index contributed by atoms with van der Waals surface area (Å²) in [7, 11) is 0. The number of anilines is 1. The van der Waals surface area contributed by atoms with Crippen molar-refractivity contribution in [3.05, 3.63) is 45.7 Å². The molecule has 1 N–H and O–H groups in total. The monoisotopic (exact) mass is 381 g/mol. The number of hydrogen-bond donors (Lipinski definition) is 1. The summed E-state index contributed by atoms with van der Waals surface area (Å²) in [5, 5.41) is 5.34. The van der Waals surface area contributed by atoms with Gasteiger partial charge in [-0.25, -0.2) is 9.37 Å². The van der Waals surface area contributed by atoms with Crippen molar-refractivity contribution in [3.8, 4) is 0 Å². The van der Waals surface area contributed by atoms with Gasteiger partial charge in [0.15, 0.2) is 5.13 Å². The van der Waals surface area contributed by atoms with Crippen molar-refractivity contribution >= 4 is 34.0 Å². The van der Waals surface area contributed by atoms with Crippen LogP contribution in [0, 0.1) is 17.7 Å². The zero-order chi connectivity index (χ0) is 18.0. The van der Waals surface area contributed by atoms with E-state index in [1.165, 1.54) is 29.9 Å². The molecule has 2 heterocycles. The maximum atomic E-state index is 13.8. The third kappa shape index (κ3) is 4.77. The molecule has 0 radical (unpaired) electrons. The van der Waals surface area contributed by atoms with Crippen LogP contribution in [0.1, 0.15) is 36.3 Å². The van der Waals surface area contributed by atoms with Crippen LogP contribution in [0.2, 0.25) is 5.02 Å². The van der Waals surface area contributed by atoms with E-state index < -0.39 is 11.7 Å². The number of likely N-dealkylation sites (tertiary alicyclic amines) is 1. The molecule has 25 heavy (non-hydrogen) atoms. The zero-order valence-corrected chi connectivity index (χ0v) is 15.8. The van der Waals surface area contributed by atoms with Crippen LogP contribution in [0.25, 0.3) is 0 Å². The Kier molecular flexibility index (Phi) is 5.71. The summed E-state index contributed by atoms with van der Waals surface area (Å²) in [4.78, 5) is 19.1. The SMILES string of the molecule is C[C@@H]1C[C@@H](C)CN(Cc2csc(NC(=O)c3ccc(Cl)cc3F)n2)C1. The Balaban J connectivity index is 1.62. The highest BCUT2D eigenvalue weighted by molar-refractivity contribution is 7.13. The van der Waals surface area contributed by atoms with Gasteiger partial charge in [0.25, 0.3) is 5.91 Å². The summed E-state index contributed by atoms with van der Waals surface area (Å²) in [6.45, 7) is 7.46. The van der Waals surface area contributed by atoms with Crippen molar-refractivity contribution in [3.63, 3.8) is 0 Å². The van der Waals surface area contributed by atoms with Crippen molar-refractivity contribution in [2.45, 2.75) is 26.8 Å². The summed E-state index contributed by atoms with van der Waals surface area (Å²) in [6.07, 6.45) is 1.27. The predicted octanol–water partition coefficient (Wildman–Crippen LogP) is 4.67. The van der Waals surface area contributed by atoms with E-state index in [4.69, 9.17) is 11.6 Å². The molecule has 0 saturated carbocycles. The van der Waals surface area contributed by atoms with Gasteiger partial charge in [-0.1, -0.05) is 25.4 Å². The lowest BCUT2D eigenvalue weighted by molar-refractivity contribution is 0.102. The molecule has 0 aliphatic carbocycles. The Morgan fingerprint density at radius 2 is 2.12 bits per heavy atom. The highest BCUT2D eigenvalue weighted by Gasteiger charge is 2.22. The molecule has 1 aliphatic rings. The van der Waals surface area contributed by atoms with Crippen molar-refractivity contribution in [1.82, 2.24) is 9.88 Å². The third-order valence-corrected chi connectivity index (χ3v) is 5.32. The minimum absolute atomic E-state index is 0.0418. The summed E-state index contributed by atoms with van der Waals surface area (Å²) < 4.78 is 13.8. The highest BCUT2D eigenvalue weighted by atomic mass is 35.5. The molecule has 2 atom stereocenters. The zero-order valence-electron chi connectivity index (χ0n) is 14.3. The molecule has 1 fully saturated rings. The van der Waals surface area contributed by atoms with Gasteiger partial charge >= 0.3 is 0 Å². The maximum Gasteiger partial charge on any atom is 0.260 e. The fourth-order valence-electron chi connectivity index (χ4n) is 3.43. The van der Waals surface area contributed by atoms with Gasteiger partial charge in [-0.2, -0.15) is 0 Å².